The fraction of sp³-hybridized carbons (Fsp3) is 0.158. The van der Waals surface area contributed by atoms with Crippen molar-refractivity contribution in [2.75, 3.05) is 6.54 Å². The van der Waals surface area contributed by atoms with Gasteiger partial charge in [0.1, 0.15) is 6.61 Å². The highest BCUT2D eigenvalue weighted by molar-refractivity contribution is 8.18. The molecule has 8 heteroatoms. The molecule has 0 unspecified atom stereocenters. The molecule has 0 aliphatic carbocycles. The molecule has 27 heavy (non-hydrogen) atoms. The molecule has 1 saturated heterocycles. The number of hydrogen-bond acceptors (Lipinski definition) is 6. The number of likely N-dealkylation sites (N-methyl/N-ethyl adjacent to an activating group) is 1. The summed E-state index contributed by atoms with van der Waals surface area (Å²) < 4.78 is 5.59. The van der Waals surface area contributed by atoms with Gasteiger partial charge in [-0.1, -0.05) is 36.4 Å². The van der Waals surface area contributed by atoms with Crippen LogP contribution < -0.4 is 4.74 Å². The van der Waals surface area contributed by atoms with Crippen molar-refractivity contribution in [3.63, 3.8) is 0 Å². The van der Waals surface area contributed by atoms with Gasteiger partial charge >= 0.3 is 5.69 Å². The quantitative estimate of drug-likeness (QED) is 0.421. The van der Waals surface area contributed by atoms with Gasteiger partial charge in [-0.25, -0.2) is 0 Å². The Labute approximate surface area is 159 Å². The zero-order valence-corrected chi connectivity index (χ0v) is 15.3. The fourth-order valence-corrected chi connectivity index (χ4v) is 3.45. The summed E-state index contributed by atoms with van der Waals surface area (Å²) >= 11 is 0.825. The van der Waals surface area contributed by atoms with E-state index in [1.54, 1.807) is 13.0 Å². The van der Waals surface area contributed by atoms with Gasteiger partial charge in [-0.15, -0.1) is 0 Å². The maximum Gasteiger partial charge on any atom is 0.311 e. The largest absolute Gasteiger partial charge is 0.482 e. The highest BCUT2D eigenvalue weighted by Crippen LogP contribution is 2.34. The molecule has 0 bridgehead atoms. The number of hydrogen-bond donors (Lipinski definition) is 0. The second-order valence-electron chi connectivity index (χ2n) is 5.68. The molecule has 0 N–H and O–H groups in total. The summed E-state index contributed by atoms with van der Waals surface area (Å²) in [5.41, 5.74) is 1.15. The number of ether oxygens (including phenoxy) is 1. The Morgan fingerprint density at radius 3 is 2.56 bits per heavy atom. The predicted molar refractivity (Wildman–Crippen MR) is 102 cm³/mol. The van der Waals surface area contributed by atoms with Crippen LogP contribution in [-0.2, 0) is 11.4 Å². The SMILES string of the molecule is CCN1C(=O)S/C(=C/c2ccc(OCc3ccccc3)c([N+](=O)[O-])c2)C1=O. The van der Waals surface area contributed by atoms with E-state index in [2.05, 4.69) is 0 Å². The van der Waals surface area contributed by atoms with Crippen LogP contribution in [-0.4, -0.2) is 27.5 Å². The van der Waals surface area contributed by atoms with Gasteiger partial charge < -0.3 is 4.74 Å². The van der Waals surface area contributed by atoms with Crippen molar-refractivity contribution in [2.24, 2.45) is 0 Å². The van der Waals surface area contributed by atoms with Crippen molar-refractivity contribution in [1.29, 1.82) is 0 Å². The minimum absolute atomic E-state index is 0.141. The van der Waals surface area contributed by atoms with E-state index in [4.69, 9.17) is 4.74 Å². The molecule has 2 amide bonds. The van der Waals surface area contributed by atoms with Crippen molar-refractivity contribution in [3.8, 4) is 5.75 Å². The number of carbonyl (C=O) groups excluding carboxylic acids is 2. The highest BCUT2D eigenvalue weighted by atomic mass is 32.2. The molecule has 0 spiro atoms. The number of rotatable bonds is 6. The van der Waals surface area contributed by atoms with Crippen molar-refractivity contribution < 1.29 is 19.2 Å². The first kappa shape index (κ1) is 18.7. The molecule has 2 aromatic carbocycles. The zero-order valence-electron chi connectivity index (χ0n) is 14.5. The van der Waals surface area contributed by atoms with Gasteiger partial charge in [0, 0.05) is 12.6 Å². The standard InChI is InChI=1S/C19H16N2O5S/c1-2-20-18(22)17(27-19(20)23)11-14-8-9-16(15(10-14)21(24)25)26-12-13-6-4-3-5-7-13/h3-11H,2,12H2,1H3/b17-11+. The topological polar surface area (TPSA) is 89.8 Å². The van der Waals surface area contributed by atoms with Crippen molar-refractivity contribution in [1.82, 2.24) is 4.90 Å². The smallest absolute Gasteiger partial charge is 0.311 e. The molecular formula is C19H16N2O5S. The number of imide groups is 1. The Morgan fingerprint density at radius 1 is 1.19 bits per heavy atom. The monoisotopic (exact) mass is 384 g/mol. The van der Waals surface area contributed by atoms with Crippen LogP contribution in [0.3, 0.4) is 0 Å². The van der Waals surface area contributed by atoms with Crippen LogP contribution in [0.4, 0.5) is 10.5 Å². The van der Waals surface area contributed by atoms with E-state index in [0.29, 0.717) is 5.56 Å². The molecule has 1 heterocycles. The van der Waals surface area contributed by atoms with E-state index in [1.165, 1.54) is 18.2 Å². The third-order valence-corrected chi connectivity index (χ3v) is 4.81. The van der Waals surface area contributed by atoms with E-state index in [9.17, 15) is 19.7 Å². The molecule has 7 nitrogen and oxygen atoms in total. The Hall–Kier alpha value is -3.13. The molecule has 0 radical (unpaired) electrons. The summed E-state index contributed by atoms with van der Waals surface area (Å²) in [4.78, 5) is 36.2. The second-order valence-corrected chi connectivity index (χ2v) is 6.68. The van der Waals surface area contributed by atoms with E-state index in [1.807, 2.05) is 30.3 Å². The van der Waals surface area contributed by atoms with Crippen molar-refractivity contribution in [2.45, 2.75) is 13.5 Å². The number of nitrogens with zero attached hydrogens (tertiary/aromatic N) is 2. The Bertz CT molecular complexity index is 927. The zero-order chi connectivity index (χ0) is 19.4. The number of carbonyl (C=O) groups is 2. The lowest BCUT2D eigenvalue weighted by Crippen LogP contribution is -2.27. The van der Waals surface area contributed by atoms with Crippen LogP contribution in [0.1, 0.15) is 18.1 Å². The molecule has 1 aliphatic rings. The summed E-state index contributed by atoms with van der Waals surface area (Å²) in [6.07, 6.45) is 1.48. The summed E-state index contributed by atoms with van der Waals surface area (Å²) in [5.74, 6) is -0.248. The van der Waals surface area contributed by atoms with Crippen LogP contribution in [0.2, 0.25) is 0 Å². The van der Waals surface area contributed by atoms with Crippen LogP contribution in [0.25, 0.3) is 6.08 Å². The molecule has 0 aromatic heterocycles. The predicted octanol–water partition coefficient (Wildman–Crippen LogP) is 4.23. The first-order chi connectivity index (χ1) is 13.0. The van der Waals surface area contributed by atoms with E-state index in [-0.39, 0.29) is 40.6 Å². The van der Waals surface area contributed by atoms with E-state index < -0.39 is 4.92 Å². The van der Waals surface area contributed by atoms with Crippen LogP contribution in [0, 0.1) is 10.1 Å². The number of benzene rings is 2. The maximum atomic E-state index is 12.2. The Morgan fingerprint density at radius 2 is 1.93 bits per heavy atom. The number of nitro groups is 1. The number of thioether (sulfide) groups is 1. The van der Waals surface area contributed by atoms with Gasteiger partial charge in [0.15, 0.2) is 5.75 Å². The van der Waals surface area contributed by atoms with E-state index >= 15 is 0 Å². The van der Waals surface area contributed by atoms with Gasteiger partial charge in [-0.05, 0) is 42.0 Å². The molecule has 1 aliphatic heterocycles. The highest BCUT2D eigenvalue weighted by Gasteiger charge is 2.33. The average molecular weight is 384 g/mol. The van der Waals surface area contributed by atoms with E-state index in [0.717, 1.165) is 22.2 Å². The van der Waals surface area contributed by atoms with Gasteiger partial charge in [0.05, 0.1) is 9.83 Å². The molecule has 0 saturated carbocycles. The molecule has 2 aromatic rings. The first-order valence-electron chi connectivity index (χ1n) is 8.20. The van der Waals surface area contributed by atoms with Gasteiger partial charge in [0.25, 0.3) is 11.1 Å². The van der Waals surface area contributed by atoms with Crippen molar-refractivity contribution in [3.05, 3.63) is 74.7 Å². The third-order valence-electron chi connectivity index (χ3n) is 3.90. The lowest BCUT2D eigenvalue weighted by Gasteiger charge is -2.08. The molecule has 0 atom stereocenters. The van der Waals surface area contributed by atoms with Crippen LogP contribution in [0.5, 0.6) is 5.75 Å². The third kappa shape index (κ3) is 4.17. The first-order valence-corrected chi connectivity index (χ1v) is 9.01. The van der Waals surface area contributed by atoms with Crippen LogP contribution >= 0.6 is 11.8 Å². The minimum Gasteiger partial charge on any atom is -0.482 e. The maximum absolute atomic E-state index is 12.2. The molecule has 138 valence electrons. The average Bonchev–Trinajstić information content (AvgIpc) is 2.94. The summed E-state index contributed by atoms with van der Waals surface area (Å²) in [7, 11) is 0. The second kappa shape index (κ2) is 8.05. The fourth-order valence-electron chi connectivity index (χ4n) is 2.55. The molecular weight excluding hydrogens is 368 g/mol. The normalized spacial score (nSPS) is 15.4. The summed E-state index contributed by atoms with van der Waals surface area (Å²) in [6, 6.07) is 13.8. The summed E-state index contributed by atoms with van der Waals surface area (Å²) in [6.45, 7) is 2.20. The number of nitro benzene ring substituents is 1. The van der Waals surface area contributed by atoms with Gasteiger partial charge in [-0.2, -0.15) is 0 Å². The van der Waals surface area contributed by atoms with Gasteiger partial charge in [0.2, 0.25) is 0 Å². The number of amides is 2. The Kier molecular flexibility index (Phi) is 5.56. The lowest BCUT2D eigenvalue weighted by atomic mass is 10.1. The Balaban J connectivity index is 1.84. The molecule has 3 rings (SSSR count). The summed E-state index contributed by atoms with van der Waals surface area (Å²) in [5, 5.41) is 11.1. The minimum atomic E-state index is -0.532. The lowest BCUT2D eigenvalue weighted by molar-refractivity contribution is -0.386. The van der Waals surface area contributed by atoms with Gasteiger partial charge in [-0.3, -0.25) is 24.6 Å². The molecule has 1 fully saturated rings. The van der Waals surface area contributed by atoms with Crippen molar-refractivity contribution >= 4 is 34.7 Å². The van der Waals surface area contributed by atoms with Crippen LogP contribution in [0.15, 0.2) is 53.4 Å².